The summed E-state index contributed by atoms with van der Waals surface area (Å²) in [6, 6.07) is 6.65. The minimum atomic E-state index is -0.319. The van der Waals surface area contributed by atoms with Gasteiger partial charge >= 0.3 is 6.03 Å². The second kappa shape index (κ2) is 8.74. The van der Waals surface area contributed by atoms with Crippen LogP contribution in [0.5, 0.6) is 0 Å². The van der Waals surface area contributed by atoms with Crippen LogP contribution in [0, 0.1) is 11.3 Å². The first-order valence-corrected chi connectivity index (χ1v) is 9.73. The first-order valence-electron chi connectivity index (χ1n) is 9.73. The van der Waals surface area contributed by atoms with Gasteiger partial charge in [-0.3, -0.25) is 4.79 Å². The Hall–Kier alpha value is -2.08. The molecule has 0 heterocycles. The number of carbonyl (C=O) groups excluding carboxylic acids is 2. The van der Waals surface area contributed by atoms with Gasteiger partial charge < -0.3 is 21.1 Å². The molecule has 1 aromatic carbocycles. The van der Waals surface area contributed by atoms with E-state index in [-0.39, 0.29) is 29.5 Å². The van der Waals surface area contributed by atoms with Gasteiger partial charge in [0.1, 0.15) is 0 Å². The van der Waals surface area contributed by atoms with Crippen molar-refractivity contribution in [3.05, 3.63) is 29.8 Å². The first kappa shape index (κ1) is 21.2. The van der Waals surface area contributed by atoms with E-state index in [0.29, 0.717) is 23.7 Å². The van der Waals surface area contributed by atoms with Gasteiger partial charge in [0, 0.05) is 29.9 Å². The predicted octanol–water partition coefficient (Wildman–Crippen LogP) is 3.53. The van der Waals surface area contributed by atoms with Crippen molar-refractivity contribution in [2.75, 3.05) is 18.5 Å². The smallest absolute Gasteiger partial charge is 0.319 e. The Kier molecular flexibility index (Phi) is 6.87. The molecule has 1 aromatic rings. The van der Waals surface area contributed by atoms with E-state index in [1.807, 2.05) is 20.8 Å². The average Bonchev–Trinajstić information content (AvgIpc) is 2.52. The normalized spacial score (nSPS) is 16.8. The Balaban J connectivity index is 1.92. The maximum absolute atomic E-state index is 12.3. The largest absolute Gasteiger partial charge is 0.396 e. The fraction of sp³-hybridized carbons (Fsp3) is 0.619. The highest BCUT2D eigenvalue weighted by Crippen LogP contribution is 2.47. The quantitative estimate of drug-likeness (QED) is 0.588. The molecule has 0 aromatic heterocycles. The van der Waals surface area contributed by atoms with Gasteiger partial charge in [0.25, 0.3) is 5.91 Å². The molecule has 0 aliphatic heterocycles. The van der Waals surface area contributed by atoms with Crippen molar-refractivity contribution in [2.45, 2.75) is 58.9 Å². The van der Waals surface area contributed by atoms with E-state index >= 15 is 0 Å². The van der Waals surface area contributed by atoms with Gasteiger partial charge in [-0.25, -0.2) is 4.79 Å². The molecule has 0 bridgehead atoms. The molecule has 6 heteroatoms. The third kappa shape index (κ3) is 5.96. The minimum absolute atomic E-state index is 0.0918. The molecule has 1 fully saturated rings. The number of carbonyl (C=O) groups is 2. The summed E-state index contributed by atoms with van der Waals surface area (Å²) in [5, 5.41) is 17.9. The zero-order valence-corrected chi connectivity index (χ0v) is 16.9. The summed E-state index contributed by atoms with van der Waals surface area (Å²) in [4.78, 5) is 24.6. The second-order valence-corrected chi connectivity index (χ2v) is 8.72. The summed E-state index contributed by atoms with van der Waals surface area (Å²) < 4.78 is 0. The summed E-state index contributed by atoms with van der Waals surface area (Å²) in [5.74, 6) is 0.207. The summed E-state index contributed by atoms with van der Waals surface area (Å²) in [7, 11) is 0. The van der Waals surface area contributed by atoms with Crippen LogP contribution in [0.25, 0.3) is 0 Å². The first-order chi connectivity index (χ1) is 12.6. The van der Waals surface area contributed by atoms with E-state index in [1.54, 1.807) is 24.3 Å². The number of rotatable bonds is 7. The lowest BCUT2D eigenvalue weighted by molar-refractivity contribution is 0.0462. The van der Waals surface area contributed by atoms with Gasteiger partial charge in [-0.05, 0) is 69.6 Å². The maximum atomic E-state index is 12.3. The number of urea groups is 1. The zero-order valence-electron chi connectivity index (χ0n) is 16.9. The van der Waals surface area contributed by atoms with Crippen molar-refractivity contribution < 1.29 is 14.7 Å². The predicted molar refractivity (Wildman–Crippen MR) is 108 cm³/mol. The monoisotopic (exact) mass is 375 g/mol. The van der Waals surface area contributed by atoms with Gasteiger partial charge in [0.05, 0.1) is 0 Å². The summed E-state index contributed by atoms with van der Waals surface area (Å²) in [6.45, 7) is 8.70. The number of nitrogens with one attached hydrogen (secondary N) is 3. The highest BCUT2D eigenvalue weighted by molar-refractivity contribution is 5.97. The number of anilines is 1. The number of hydrogen-bond donors (Lipinski definition) is 4. The Morgan fingerprint density at radius 1 is 1.26 bits per heavy atom. The molecule has 6 nitrogen and oxygen atoms in total. The van der Waals surface area contributed by atoms with Crippen LogP contribution in [0.3, 0.4) is 0 Å². The van der Waals surface area contributed by atoms with Gasteiger partial charge in [-0.1, -0.05) is 19.4 Å². The molecule has 1 saturated carbocycles. The lowest BCUT2D eigenvalue weighted by Crippen LogP contribution is -2.47. The van der Waals surface area contributed by atoms with Crippen LogP contribution in [0.15, 0.2) is 24.3 Å². The lowest BCUT2D eigenvalue weighted by atomic mass is 9.60. The summed E-state index contributed by atoms with van der Waals surface area (Å²) in [5.41, 5.74) is 0.865. The topological polar surface area (TPSA) is 90.5 Å². The third-order valence-electron chi connectivity index (χ3n) is 5.43. The van der Waals surface area contributed by atoms with E-state index < -0.39 is 0 Å². The summed E-state index contributed by atoms with van der Waals surface area (Å²) >= 11 is 0. The van der Waals surface area contributed by atoms with Crippen molar-refractivity contribution in [1.29, 1.82) is 0 Å². The molecule has 0 saturated heterocycles. The third-order valence-corrected chi connectivity index (χ3v) is 5.43. The van der Waals surface area contributed by atoms with Crippen LogP contribution in [-0.4, -0.2) is 35.7 Å². The minimum Gasteiger partial charge on any atom is -0.396 e. The molecule has 27 heavy (non-hydrogen) atoms. The Bertz CT molecular complexity index is 663. The molecule has 1 atom stereocenters. The van der Waals surface area contributed by atoms with Crippen LogP contribution in [0.1, 0.15) is 63.7 Å². The van der Waals surface area contributed by atoms with Crippen molar-refractivity contribution in [3.63, 3.8) is 0 Å². The van der Waals surface area contributed by atoms with E-state index in [1.165, 1.54) is 6.42 Å². The van der Waals surface area contributed by atoms with Crippen molar-refractivity contribution in [3.8, 4) is 0 Å². The molecular weight excluding hydrogens is 342 g/mol. The van der Waals surface area contributed by atoms with Crippen LogP contribution < -0.4 is 16.0 Å². The van der Waals surface area contributed by atoms with E-state index in [2.05, 4.69) is 22.9 Å². The Labute approximate surface area is 162 Å². The van der Waals surface area contributed by atoms with Crippen LogP contribution >= 0.6 is 0 Å². The van der Waals surface area contributed by atoms with Crippen molar-refractivity contribution in [2.24, 2.45) is 11.3 Å². The van der Waals surface area contributed by atoms with E-state index in [4.69, 9.17) is 0 Å². The Morgan fingerprint density at radius 3 is 2.52 bits per heavy atom. The van der Waals surface area contributed by atoms with Gasteiger partial charge in [0.15, 0.2) is 0 Å². The fourth-order valence-electron chi connectivity index (χ4n) is 3.56. The lowest BCUT2D eigenvalue weighted by Gasteiger charge is -2.46. The number of amides is 3. The molecule has 2 rings (SSSR count). The van der Waals surface area contributed by atoms with E-state index in [0.717, 1.165) is 19.3 Å². The SMILES string of the molecule is CC(CCO)C1(CNC(=O)Nc2cccc(C(=O)NC(C)(C)C)c2)CCC1. The fourth-order valence-corrected chi connectivity index (χ4v) is 3.56. The number of hydrogen-bond acceptors (Lipinski definition) is 3. The molecule has 3 amide bonds. The van der Waals surface area contributed by atoms with Crippen molar-refractivity contribution in [1.82, 2.24) is 10.6 Å². The van der Waals surface area contributed by atoms with Gasteiger partial charge in [-0.2, -0.15) is 0 Å². The molecule has 0 radical (unpaired) electrons. The molecule has 1 aliphatic rings. The van der Waals surface area contributed by atoms with Crippen LogP contribution in [0.2, 0.25) is 0 Å². The zero-order chi connectivity index (χ0) is 20.1. The standard InChI is InChI=1S/C21H33N3O3/c1-15(9-12-25)21(10-6-11-21)14-22-19(27)23-17-8-5-7-16(13-17)18(26)24-20(2,3)4/h5,7-8,13,15,25H,6,9-12,14H2,1-4H3,(H,24,26)(H2,22,23,27). The number of aliphatic hydroxyl groups excluding tert-OH is 1. The molecule has 1 aliphatic carbocycles. The van der Waals surface area contributed by atoms with Crippen molar-refractivity contribution >= 4 is 17.6 Å². The summed E-state index contributed by atoms with van der Waals surface area (Å²) in [6.07, 6.45) is 4.09. The number of benzene rings is 1. The van der Waals surface area contributed by atoms with Gasteiger partial charge in [0.2, 0.25) is 0 Å². The molecular formula is C21H33N3O3. The second-order valence-electron chi connectivity index (χ2n) is 8.72. The van der Waals surface area contributed by atoms with E-state index in [9.17, 15) is 14.7 Å². The van der Waals surface area contributed by atoms with Gasteiger partial charge in [-0.15, -0.1) is 0 Å². The Morgan fingerprint density at radius 2 is 1.96 bits per heavy atom. The molecule has 1 unspecified atom stereocenters. The average molecular weight is 376 g/mol. The van der Waals surface area contributed by atoms with Crippen LogP contribution in [-0.2, 0) is 0 Å². The highest BCUT2D eigenvalue weighted by atomic mass is 16.3. The maximum Gasteiger partial charge on any atom is 0.319 e. The molecule has 0 spiro atoms. The van der Waals surface area contributed by atoms with Crippen LogP contribution in [0.4, 0.5) is 10.5 Å². The highest BCUT2D eigenvalue weighted by Gasteiger charge is 2.41. The molecule has 150 valence electrons. The number of aliphatic hydroxyl groups is 1. The molecule has 4 N–H and O–H groups in total.